The largest absolute Gasteiger partial charge is 0.461 e. The van der Waals surface area contributed by atoms with Gasteiger partial charge in [-0.1, -0.05) is 74.9 Å². The van der Waals surface area contributed by atoms with Crippen LogP contribution in [-0.2, 0) is 16.1 Å². The van der Waals surface area contributed by atoms with Crippen molar-refractivity contribution >= 4 is 5.97 Å². The normalized spacial score (nSPS) is 36.5. The Balaban J connectivity index is 1.16. The quantitative estimate of drug-likeness (QED) is 0.352. The molecule has 6 rings (SSSR count). The molecule has 4 aliphatic carbocycles. The third-order valence-corrected chi connectivity index (χ3v) is 11.4. The van der Waals surface area contributed by atoms with E-state index < -0.39 is 6.04 Å². The number of carbonyl (C=O) groups excluding carboxylic acids is 1. The minimum Gasteiger partial charge on any atom is -0.461 e. The van der Waals surface area contributed by atoms with Crippen LogP contribution >= 0.6 is 0 Å². The van der Waals surface area contributed by atoms with Crippen molar-refractivity contribution in [3.8, 4) is 0 Å². The fraction of sp³-hybridized carbons (Fsp3) is 0.667. The highest BCUT2D eigenvalue weighted by Gasteiger charge is 2.59. The van der Waals surface area contributed by atoms with Crippen molar-refractivity contribution in [1.82, 2.24) is 15.0 Å². The zero-order chi connectivity index (χ0) is 27.4. The molecule has 0 amide bonds. The van der Waals surface area contributed by atoms with Crippen LogP contribution in [0.4, 0.5) is 0 Å². The summed E-state index contributed by atoms with van der Waals surface area (Å²) in [6.07, 6.45) is 13.9. The summed E-state index contributed by atoms with van der Waals surface area (Å²) in [6, 6.07) is 9.99. The summed E-state index contributed by atoms with van der Waals surface area (Å²) < 4.78 is 7.93. The van der Waals surface area contributed by atoms with Gasteiger partial charge in [0, 0.05) is 18.5 Å². The maximum Gasteiger partial charge on any atom is 0.323 e. The topological polar surface area (TPSA) is 83.0 Å². The Hall–Kier alpha value is -2.47. The molecule has 4 aliphatic rings. The number of hydrogen-bond acceptors (Lipinski definition) is 5. The van der Waals surface area contributed by atoms with E-state index in [1.54, 1.807) is 0 Å². The van der Waals surface area contributed by atoms with Crippen molar-refractivity contribution < 1.29 is 9.53 Å². The van der Waals surface area contributed by atoms with E-state index in [1.165, 1.54) is 42.5 Å². The van der Waals surface area contributed by atoms with Crippen LogP contribution in [0, 0.1) is 34.5 Å². The second-order valence-electron chi connectivity index (χ2n) is 13.8. The van der Waals surface area contributed by atoms with Gasteiger partial charge in [-0.3, -0.25) is 4.79 Å². The lowest BCUT2D eigenvalue weighted by Gasteiger charge is -2.58. The van der Waals surface area contributed by atoms with Crippen LogP contribution in [0.3, 0.4) is 0 Å². The van der Waals surface area contributed by atoms with Gasteiger partial charge in [0.25, 0.3) is 0 Å². The van der Waals surface area contributed by atoms with E-state index in [1.807, 2.05) is 18.5 Å². The molecular weight excluding hydrogens is 484 g/mol. The maximum absolute atomic E-state index is 12.5. The molecule has 0 spiro atoms. The van der Waals surface area contributed by atoms with Crippen molar-refractivity contribution in [3.05, 3.63) is 59.4 Å². The highest BCUT2D eigenvalue weighted by molar-refractivity contribution is 5.76. The van der Waals surface area contributed by atoms with Gasteiger partial charge >= 0.3 is 5.97 Å². The molecule has 1 heterocycles. The summed E-state index contributed by atoms with van der Waals surface area (Å²) >= 11 is 0. The summed E-state index contributed by atoms with van der Waals surface area (Å²) in [5.74, 6) is 2.54. The average molecular weight is 531 g/mol. The molecule has 3 saturated carbocycles. The number of carbonyl (C=O) groups is 1. The third kappa shape index (κ3) is 4.67. The van der Waals surface area contributed by atoms with Gasteiger partial charge in [-0.15, -0.1) is 5.10 Å². The van der Waals surface area contributed by atoms with Crippen LogP contribution in [0.5, 0.6) is 0 Å². The fourth-order valence-electron chi connectivity index (χ4n) is 9.05. The van der Waals surface area contributed by atoms with Crippen LogP contribution in [0.15, 0.2) is 48.2 Å². The summed E-state index contributed by atoms with van der Waals surface area (Å²) in [5.41, 5.74) is 10.6. The Labute approximate surface area is 233 Å². The smallest absolute Gasteiger partial charge is 0.323 e. The minimum atomic E-state index is -0.533. The summed E-state index contributed by atoms with van der Waals surface area (Å²) in [6.45, 7) is 9.79. The summed E-state index contributed by atoms with van der Waals surface area (Å²) in [7, 11) is 0. The van der Waals surface area contributed by atoms with Crippen molar-refractivity contribution in [2.45, 2.75) is 104 Å². The monoisotopic (exact) mass is 530 g/mol. The van der Waals surface area contributed by atoms with Crippen LogP contribution in [0.2, 0.25) is 0 Å². The molecule has 0 bridgehead atoms. The van der Waals surface area contributed by atoms with Crippen molar-refractivity contribution in [2.24, 2.45) is 40.2 Å². The van der Waals surface area contributed by atoms with Gasteiger partial charge in [-0.2, -0.15) is 0 Å². The van der Waals surface area contributed by atoms with Crippen molar-refractivity contribution in [1.29, 1.82) is 0 Å². The molecule has 3 fully saturated rings. The number of aromatic nitrogens is 3. The summed E-state index contributed by atoms with van der Waals surface area (Å²) in [5, 5.41) is 9.25. The molecule has 2 aromatic rings. The zero-order valence-electron chi connectivity index (χ0n) is 24.2. The number of rotatable bonds is 6. The molecule has 1 aromatic carbocycles. The first kappa shape index (κ1) is 26.7. The lowest BCUT2D eigenvalue weighted by atomic mass is 9.47. The van der Waals surface area contributed by atoms with E-state index in [0.717, 1.165) is 50.0 Å². The average Bonchev–Trinajstić information content (AvgIpc) is 3.52. The lowest BCUT2D eigenvalue weighted by Crippen LogP contribution is -2.50. The Morgan fingerprint density at radius 2 is 1.90 bits per heavy atom. The highest BCUT2D eigenvalue weighted by atomic mass is 16.5. The molecule has 4 unspecified atom stereocenters. The molecule has 1 aromatic heterocycles. The fourth-order valence-corrected chi connectivity index (χ4v) is 9.05. The SMILES string of the molecule is CC(C)C(N)C(=O)O[C@H]1CC[C@@]2(C)C(=CCC3C2CC[C@@]2(C)C3CC[C@@H]2c2cn(Cc3ccccc3)nn2)C1. The standard InChI is InChI=1S/C33H46N4O2/c1-21(2)30(34)31(38)39-24-14-16-32(3)23(18-24)10-11-25-26-12-13-28(33(26,4)17-15-27(25)32)29-20-37(36-35-29)19-22-8-6-5-7-9-22/h5-10,20-21,24-28,30H,11-19,34H2,1-4H3/t24-,25?,26?,27?,28+,30?,32-,33-/m0/s1. The maximum atomic E-state index is 12.5. The molecule has 6 heteroatoms. The van der Waals surface area contributed by atoms with Crippen LogP contribution in [0.1, 0.15) is 96.2 Å². The van der Waals surface area contributed by atoms with E-state index in [0.29, 0.717) is 5.92 Å². The Morgan fingerprint density at radius 1 is 1.10 bits per heavy atom. The van der Waals surface area contributed by atoms with Gasteiger partial charge in [0.05, 0.1) is 12.2 Å². The number of allylic oxidation sites excluding steroid dienone is 1. The van der Waals surface area contributed by atoms with Gasteiger partial charge in [0.1, 0.15) is 12.1 Å². The van der Waals surface area contributed by atoms with Crippen molar-refractivity contribution in [2.75, 3.05) is 0 Å². The van der Waals surface area contributed by atoms with Gasteiger partial charge < -0.3 is 10.5 Å². The number of hydrogen-bond donors (Lipinski definition) is 1. The number of benzene rings is 1. The molecule has 39 heavy (non-hydrogen) atoms. The van der Waals surface area contributed by atoms with Gasteiger partial charge in [0.2, 0.25) is 0 Å². The molecule has 0 aliphatic heterocycles. The molecule has 6 nitrogen and oxygen atoms in total. The van der Waals surface area contributed by atoms with Crippen LogP contribution < -0.4 is 5.73 Å². The number of ether oxygens (including phenoxy) is 1. The molecule has 0 radical (unpaired) electrons. The third-order valence-electron chi connectivity index (χ3n) is 11.4. The molecule has 210 valence electrons. The second kappa shape index (κ2) is 10.2. The second-order valence-corrected chi connectivity index (χ2v) is 13.8. The van der Waals surface area contributed by atoms with E-state index in [9.17, 15) is 4.79 Å². The van der Waals surface area contributed by atoms with Crippen LogP contribution in [0.25, 0.3) is 0 Å². The number of fused-ring (bicyclic) bond motifs is 5. The number of esters is 1. The number of nitrogens with zero attached hydrogens (tertiary/aromatic N) is 3. The van der Waals surface area contributed by atoms with E-state index >= 15 is 0 Å². The predicted molar refractivity (Wildman–Crippen MR) is 153 cm³/mol. The van der Waals surface area contributed by atoms with Crippen LogP contribution in [-0.4, -0.2) is 33.1 Å². The Bertz CT molecular complexity index is 1220. The first-order valence-electron chi connectivity index (χ1n) is 15.3. The van der Waals surface area contributed by atoms with Gasteiger partial charge in [-0.05, 0) is 85.0 Å². The zero-order valence-corrected chi connectivity index (χ0v) is 24.2. The lowest BCUT2D eigenvalue weighted by molar-refractivity contribution is -0.154. The Kier molecular flexibility index (Phi) is 6.97. The van der Waals surface area contributed by atoms with Gasteiger partial charge in [-0.25, -0.2) is 4.68 Å². The Morgan fingerprint density at radius 3 is 2.67 bits per heavy atom. The van der Waals surface area contributed by atoms with Gasteiger partial charge in [0.15, 0.2) is 0 Å². The molecular formula is C33H46N4O2. The van der Waals surface area contributed by atoms with E-state index in [-0.39, 0.29) is 28.8 Å². The number of nitrogens with two attached hydrogens (primary N) is 1. The van der Waals surface area contributed by atoms with E-state index in [2.05, 4.69) is 61.7 Å². The predicted octanol–water partition coefficient (Wildman–Crippen LogP) is 6.27. The minimum absolute atomic E-state index is 0.0265. The first-order chi connectivity index (χ1) is 18.7. The summed E-state index contributed by atoms with van der Waals surface area (Å²) in [4.78, 5) is 12.5. The highest BCUT2D eigenvalue weighted by Crippen LogP contribution is 2.67. The molecule has 2 N–H and O–H groups in total. The van der Waals surface area contributed by atoms with Crippen molar-refractivity contribution in [3.63, 3.8) is 0 Å². The first-order valence-corrected chi connectivity index (χ1v) is 15.3. The van der Waals surface area contributed by atoms with E-state index in [4.69, 9.17) is 15.6 Å². The molecule has 0 saturated heterocycles. The molecule has 8 atom stereocenters.